The average Bonchev–Trinajstić information content (AvgIpc) is 2.67. The molecule has 1 N–H and O–H groups in total. The van der Waals surface area contributed by atoms with Gasteiger partial charge >= 0.3 is 13.5 Å². The van der Waals surface area contributed by atoms with Crippen molar-refractivity contribution in [2.75, 3.05) is 6.35 Å². The molecule has 2 aromatic rings. The molecule has 2 atom stereocenters. The summed E-state index contributed by atoms with van der Waals surface area (Å²) in [7, 11) is -8.16. The molecule has 30 heavy (non-hydrogen) atoms. The molecule has 0 aliphatic carbocycles. The van der Waals surface area contributed by atoms with Gasteiger partial charge in [-0.3, -0.25) is 13.5 Å². The predicted octanol–water partition coefficient (Wildman–Crippen LogP) is 3.86. The molecule has 0 radical (unpaired) electrons. The van der Waals surface area contributed by atoms with Gasteiger partial charge in [0.05, 0.1) is 11.0 Å². The van der Waals surface area contributed by atoms with Crippen molar-refractivity contribution in [3.05, 3.63) is 60.2 Å². The summed E-state index contributed by atoms with van der Waals surface area (Å²) in [4.78, 5) is 12.0. The molecule has 8 nitrogen and oxygen atoms in total. The molecule has 0 aliphatic heterocycles. The summed E-state index contributed by atoms with van der Waals surface area (Å²) < 4.78 is 54.0. The fourth-order valence-electron chi connectivity index (χ4n) is 2.34. The summed E-state index contributed by atoms with van der Waals surface area (Å²) in [5, 5.41) is 2.55. The predicted molar refractivity (Wildman–Crippen MR) is 113 cm³/mol. The van der Waals surface area contributed by atoms with E-state index < -0.39 is 36.0 Å². The number of carbonyl (C=O) groups excluding carboxylic acids is 1. The number of nitrogens with one attached hydrogen (secondary N) is 1. The summed E-state index contributed by atoms with van der Waals surface area (Å²) in [5.41, 5.74) is 0.881. The summed E-state index contributed by atoms with van der Waals surface area (Å²) in [6, 6.07) is 13.2. The zero-order valence-corrected chi connectivity index (χ0v) is 19.0. The third-order valence-electron chi connectivity index (χ3n) is 3.78. The van der Waals surface area contributed by atoms with Gasteiger partial charge in [-0.15, -0.1) is 0 Å². The minimum atomic E-state index is -4.19. The van der Waals surface area contributed by atoms with E-state index in [1.54, 1.807) is 56.3 Å². The number of carbonyl (C=O) groups is 1. The maximum absolute atomic E-state index is 13.4. The Hall–Kier alpha value is -2.19. The standard InChI is InChI=1S/C20H26NO7PS/c1-15(2)27-20(22)17(4)21-29(23,28-18-8-6-5-7-9-18)14-26-30(24,25)19-12-10-16(3)11-13-19/h5-13,15,17H,14H2,1-4H3,(H,21,23)/t17-,29?/m0/s1. The fourth-order valence-corrected chi connectivity index (χ4v) is 5.39. The van der Waals surface area contributed by atoms with Crippen molar-refractivity contribution in [1.82, 2.24) is 5.09 Å². The maximum atomic E-state index is 13.4. The Morgan fingerprint density at radius 3 is 2.20 bits per heavy atom. The highest BCUT2D eigenvalue weighted by molar-refractivity contribution is 7.87. The van der Waals surface area contributed by atoms with Gasteiger partial charge in [0.2, 0.25) is 0 Å². The van der Waals surface area contributed by atoms with E-state index in [1.165, 1.54) is 19.1 Å². The van der Waals surface area contributed by atoms with E-state index in [1.807, 2.05) is 6.92 Å². The molecule has 164 valence electrons. The zero-order valence-electron chi connectivity index (χ0n) is 17.3. The summed E-state index contributed by atoms with van der Waals surface area (Å²) >= 11 is 0. The van der Waals surface area contributed by atoms with E-state index >= 15 is 0 Å². The Bertz CT molecular complexity index is 992. The lowest BCUT2D eigenvalue weighted by molar-refractivity contribution is -0.149. The van der Waals surface area contributed by atoms with Crippen LogP contribution in [-0.4, -0.2) is 32.9 Å². The van der Waals surface area contributed by atoms with Gasteiger partial charge in [-0.2, -0.15) is 8.42 Å². The second kappa shape index (κ2) is 10.2. The lowest BCUT2D eigenvalue weighted by Crippen LogP contribution is -2.36. The molecule has 0 heterocycles. The Balaban J connectivity index is 2.21. The molecule has 0 saturated heterocycles. The number of aryl methyl sites for hydroxylation is 1. The third kappa shape index (κ3) is 7.25. The molecule has 1 unspecified atom stereocenters. The highest BCUT2D eigenvalue weighted by atomic mass is 32.2. The van der Waals surface area contributed by atoms with Crippen LogP contribution in [0.1, 0.15) is 26.3 Å². The first-order chi connectivity index (χ1) is 14.0. The second-order valence-corrected chi connectivity index (χ2v) is 10.6. The van der Waals surface area contributed by atoms with E-state index in [-0.39, 0.29) is 16.7 Å². The van der Waals surface area contributed by atoms with Gasteiger partial charge < -0.3 is 9.26 Å². The van der Waals surface area contributed by atoms with Crippen LogP contribution in [0.15, 0.2) is 59.5 Å². The first-order valence-electron chi connectivity index (χ1n) is 9.29. The van der Waals surface area contributed by atoms with E-state index in [0.29, 0.717) is 0 Å². The SMILES string of the molecule is Cc1ccc(S(=O)(=O)OCP(=O)(N[C@@H](C)C(=O)OC(C)C)Oc2ccccc2)cc1. The van der Waals surface area contributed by atoms with E-state index in [0.717, 1.165) is 5.56 Å². The molecule has 0 saturated carbocycles. The molecular weight excluding hydrogens is 429 g/mol. The lowest BCUT2D eigenvalue weighted by atomic mass is 10.2. The molecule has 0 bridgehead atoms. The first kappa shape index (κ1) is 24.1. The number of benzene rings is 2. The molecule has 0 aliphatic rings. The normalized spacial score (nSPS) is 14.7. The van der Waals surface area contributed by atoms with Gasteiger partial charge in [0.25, 0.3) is 10.1 Å². The fraction of sp³-hybridized carbons (Fsp3) is 0.350. The Morgan fingerprint density at radius 1 is 1.03 bits per heavy atom. The van der Waals surface area contributed by atoms with Crippen molar-refractivity contribution < 1.29 is 31.2 Å². The summed E-state index contributed by atoms with van der Waals surface area (Å²) in [6.45, 7) is 6.63. The number of esters is 1. The Morgan fingerprint density at radius 2 is 1.63 bits per heavy atom. The van der Waals surface area contributed by atoms with Gasteiger partial charge in [-0.05, 0) is 52.0 Å². The van der Waals surface area contributed by atoms with Crippen molar-refractivity contribution in [1.29, 1.82) is 0 Å². The van der Waals surface area contributed by atoms with Crippen LogP contribution in [0.5, 0.6) is 5.75 Å². The van der Waals surface area contributed by atoms with E-state index in [9.17, 15) is 17.8 Å². The van der Waals surface area contributed by atoms with E-state index in [2.05, 4.69) is 5.09 Å². The van der Waals surface area contributed by atoms with Crippen molar-refractivity contribution >= 4 is 23.6 Å². The number of ether oxygens (including phenoxy) is 1. The van der Waals surface area contributed by atoms with Crippen LogP contribution in [0.4, 0.5) is 0 Å². The Kier molecular flexibility index (Phi) is 8.20. The second-order valence-electron chi connectivity index (χ2n) is 6.93. The average molecular weight is 455 g/mol. The lowest BCUT2D eigenvalue weighted by Gasteiger charge is -2.23. The minimum Gasteiger partial charge on any atom is -0.462 e. The number of hydrogen-bond donors (Lipinski definition) is 1. The molecule has 0 amide bonds. The maximum Gasteiger partial charge on any atom is 0.344 e. The number of hydrogen-bond acceptors (Lipinski definition) is 7. The van der Waals surface area contributed by atoms with Gasteiger partial charge in [0.1, 0.15) is 11.8 Å². The van der Waals surface area contributed by atoms with Gasteiger partial charge in [-0.25, -0.2) is 5.09 Å². The molecule has 2 rings (SSSR count). The van der Waals surface area contributed by atoms with Crippen LogP contribution >= 0.6 is 7.52 Å². The van der Waals surface area contributed by atoms with E-state index in [4.69, 9.17) is 13.4 Å². The van der Waals surface area contributed by atoms with Crippen molar-refractivity contribution in [2.24, 2.45) is 0 Å². The summed E-state index contributed by atoms with van der Waals surface area (Å²) in [6.07, 6.45) is -1.17. The number of rotatable bonds is 10. The highest BCUT2D eigenvalue weighted by Gasteiger charge is 2.33. The van der Waals surface area contributed by atoms with Crippen LogP contribution in [0.2, 0.25) is 0 Å². The minimum absolute atomic E-state index is 0.0772. The molecule has 0 fully saturated rings. The molecule has 2 aromatic carbocycles. The van der Waals surface area contributed by atoms with Crippen molar-refractivity contribution in [2.45, 2.75) is 44.7 Å². The topological polar surface area (TPSA) is 108 Å². The molecule has 0 spiro atoms. The van der Waals surface area contributed by atoms with Crippen LogP contribution in [0, 0.1) is 6.92 Å². The quantitative estimate of drug-likeness (QED) is 0.327. The first-order valence-corrected chi connectivity index (χ1v) is 12.5. The largest absolute Gasteiger partial charge is 0.462 e. The van der Waals surface area contributed by atoms with Crippen molar-refractivity contribution in [3.63, 3.8) is 0 Å². The summed E-state index contributed by atoms with van der Waals surface area (Å²) in [5.74, 6) is -0.419. The molecule has 0 aromatic heterocycles. The van der Waals surface area contributed by atoms with Gasteiger partial charge in [0.15, 0.2) is 6.35 Å². The van der Waals surface area contributed by atoms with Gasteiger partial charge in [0, 0.05) is 0 Å². The Labute approximate surface area is 177 Å². The smallest absolute Gasteiger partial charge is 0.344 e. The monoisotopic (exact) mass is 455 g/mol. The highest BCUT2D eigenvalue weighted by Crippen LogP contribution is 2.44. The van der Waals surface area contributed by atoms with Crippen LogP contribution in [0.25, 0.3) is 0 Å². The zero-order chi connectivity index (χ0) is 22.4. The van der Waals surface area contributed by atoms with Crippen LogP contribution in [0.3, 0.4) is 0 Å². The number of para-hydroxylation sites is 1. The third-order valence-corrected chi connectivity index (χ3v) is 6.99. The van der Waals surface area contributed by atoms with Crippen LogP contribution in [-0.2, 0) is 28.4 Å². The van der Waals surface area contributed by atoms with Crippen molar-refractivity contribution in [3.8, 4) is 5.75 Å². The van der Waals surface area contributed by atoms with Gasteiger partial charge in [-0.1, -0.05) is 35.9 Å². The van der Waals surface area contributed by atoms with Crippen LogP contribution < -0.4 is 9.61 Å². The molecular formula is C20H26NO7PS. The molecule has 10 heteroatoms.